The summed E-state index contributed by atoms with van der Waals surface area (Å²) in [6, 6.07) is 8.67. The van der Waals surface area contributed by atoms with E-state index < -0.39 is 15.1 Å². The minimum atomic E-state index is -3.27. The molecule has 2 nitrogen and oxygen atoms in total. The van der Waals surface area contributed by atoms with Gasteiger partial charge in [0.15, 0.2) is 9.84 Å². The van der Waals surface area contributed by atoms with E-state index in [1.165, 1.54) is 25.7 Å². The molecule has 0 aromatic heterocycles. The van der Waals surface area contributed by atoms with Crippen LogP contribution in [-0.2, 0) is 9.84 Å². The van der Waals surface area contributed by atoms with E-state index >= 15 is 0 Å². The Morgan fingerprint density at radius 2 is 1.65 bits per heavy atom. The van der Waals surface area contributed by atoms with Gasteiger partial charge in [0.25, 0.3) is 0 Å². The van der Waals surface area contributed by atoms with Gasteiger partial charge in [0.2, 0.25) is 0 Å². The van der Waals surface area contributed by atoms with Crippen molar-refractivity contribution in [2.24, 2.45) is 0 Å². The van der Waals surface area contributed by atoms with Crippen LogP contribution in [0.3, 0.4) is 0 Å². The number of sulfone groups is 1. The van der Waals surface area contributed by atoms with Crippen molar-refractivity contribution < 1.29 is 8.42 Å². The molecule has 0 radical (unpaired) electrons. The lowest BCUT2D eigenvalue weighted by molar-refractivity contribution is 0.564. The normalized spacial score (nSPS) is 13.1. The SMILES string of the molecule is C=CC(CCCCCCCC)S(=O)(=O)c1ccccc1. The molecule has 0 spiro atoms. The zero-order valence-corrected chi connectivity index (χ0v) is 13.2. The van der Waals surface area contributed by atoms with E-state index in [0.29, 0.717) is 11.3 Å². The smallest absolute Gasteiger partial charge is 0.184 e. The zero-order chi connectivity index (χ0) is 14.8. The molecule has 0 aliphatic rings. The van der Waals surface area contributed by atoms with Crippen LogP contribution in [0, 0.1) is 0 Å². The maximum Gasteiger partial charge on any atom is 0.184 e. The van der Waals surface area contributed by atoms with Gasteiger partial charge in [-0.3, -0.25) is 0 Å². The topological polar surface area (TPSA) is 34.1 Å². The maximum absolute atomic E-state index is 12.5. The number of hydrogen-bond acceptors (Lipinski definition) is 2. The highest BCUT2D eigenvalue weighted by molar-refractivity contribution is 7.92. The van der Waals surface area contributed by atoms with E-state index in [0.717, 1.165) is 12.8 Å². The molecule has 20 heavy (non-hydrogen) atoms. The van der Waals surface area contributed by atoms with E-state index in [2.05, 4.69) is 13.5 Å². The van der Waals surface area contributed by atoms with Gasteiger partial charge >= 0.3 is 0 Å². The first-order valence-corrected chi connectivity index (χ1v) is 9.09. The molecule has 0 aliphatic heterocycles. The second kappa shape index (κ2) is 8.96. The van der Waals surface area contributed by atoms with Gasteiger partial charge in [0.1, 0.15) is 0 Å². The third-order valence-corrected chi connectivity index (χ3v) is 5.73. The van der Waals surface area contributed by atoms with Crippen LogP contribution in [0.1, 0.15) is 51.9 Å². The predicted molar refractivity (Wildman–Crippen MR) is 85.6 cm³/mol. The van der Waals surface area contributed by atoms with Crippen molar-refractivity contribution in [3.05, 3.63) is 43.0 Å². The van der Waals surface area contributed by atoms with Crippen molar-refractivity contribution in [3.63, 3.8) is 0 Å². The van der Waals surface area contributed by atoms with Crippen molar-refractivity contribution in [2.75, 3.05) is 0 Å². The van der Waals surface area contributed by atoms with E-state index in [4.69, 9.17) is 0 Å². The average Bonchev–Trinajstić information content (AvgIpc) is 2.47. The van der Waals surface area contributed by atoms with Crippen molar-refractivity contribution >= 4 is 9.84 Å². The number of hydrogen-bond donors (Lipinski definition) is 0. The van der Waals surface area contributed by atoms with Gasteiger partial charge in [0.05, 0.1) is 10.1 Å². The number of benzene rings is 1. The van der Waals surface area contributed by atoms with E-state index in [-0.39, 0.29) is 0 Å². The average molecular weight is 294 g/mol. The molecule has 0 heterocycles. The monoisotopic (exact) mass is 294 g/mol. The lowest BCUT2D eigenvalue weighted by Crippen LogP contribution is -2.19. The summed E-state index contributed by atoms with van der Waals surface area (Å²) in [5.41, 5.74) is 0. The first kappa shape index (κ1) is 17.0. The molecule has 1 unspecified atom stereocenters. The van der Waals surface area contributed by atoms with Crippen molar-refractivity contribution in [1.29, 1.82) is 0 Å². The van der Waals surface area contributed by atoms with Crippen LogP contribution < -0.4 is 0 Å². The Labute approximate surface area is 123 Å². The van der Waals surface area contributed by atoms with Gasteiger partial charge in [-0.25, -0.2) is 8.42 Å². The standard InChI is InChI=1S/C17H26O2S/c1-3-5-6-7-8-10-13-16(4-2)20(18,19)17-14-11-9-12-15-17/h4,9,11-12,14-16H,2-3,5-8,10,13H2,1H3. The van der Waals surface area contributed by atoms with Crippen molar-refractivity contribution in [2.45, 2.75) is 62.0 Å². The molecule has 0 amide bonds. The van der Waals surface area contributed by atoms with Crippen molar-refractivity contribution in [3.8, 4) is 0 Å². The number of unbranched alkanes of at least 4 members (excludes halogenated alkanes) is 5. The van der Waals surface area contributed by atoms with E-state index in [9.17, 15) is 8.42 Å². The van der Waals surface area contributed by atoms with Crippen LogP contribution in [0.25, 0.3) is 0 Å². The molecule has 0 bridgehead atoms. The molecule has 0 fully saturated rings. The van der Waals surface area contributed by atoms with Crippen molar-refractivity contribution in [1.82, 2.24) is 0 Å². The molecule has 0 saturated heterocycles. The Morgan fingerprint density at radius 1 is 1.05 bits per heavy atom. The summed E-state index contributed by atoms with van der Waals surface area (Å²) in [6.07, 6.45) is 9.26. The predicted octanol–water partition coefficient (Wildman–Crippen LogP) is 4.77. The molecular weight excluding hydrogens is 268 g/mol. The Morgan fingerprint density at radius 3 is 2.25 bits per heavy atom. The van der Waals surface area contributed by atoms with Gasteiger partial charge in [-0.15, -0.1) is 6.58 Å². The second-order valence-electron chi connectivity index (χ2n) is 5.19. The van der Waals surface area contributed by atoms with Crippen LogP contribution in [0.5, 0.6) is 0 Å². The van der Waals surface area contributed by atoms with E-state index in [1.807, 2.05) is 6.07 Å². The lowest BCUT2D eigenvalue weighted by atomic mass is 10.1. The Kier molecular flexibility index (Phi) is 7.60. The minimum Gasteiger partial charge on any atom is -0.223 e. The van der Waals surface area contributed by atoms with Crippen LogP contribution in [0.15, 0.2) is 47.9 Å². The summed E-state index contributed by atoms with van der Waals surface area (Å²) in [6.45, 7) is 5.90. The molecule has 112 valence electrons. The summed E-state index contributed by atoms with van der Waals surface area (Å²) < 4.78 is 24.9. The zero-order valence-electron chi connectivity index (χ0n) is 12.4. The fourth-order valence-electron chi connectivity index (χ4n) is 2.31. The number of rotatable bonds is 10. The van der Waals surface area contributed by atoms with E-state index in [1.54, 1.807) is 30.3 Å². The highest BCUT2D eigenvalue weighted by Crippen LogP contribution is 2.21. The second-order valence-corrected chi connectivity index (χ2v) is 7.36. The van der Waals surface area contributed by atoms with Gasteiger partial charge < -0.3 is 0 Å². The van der Waals surface area contributed by atoms with Crippen LogP contribution in [-0.4, -0.2) is 13.7 Å². The molecule has 0 saturated carbocycles. The summed E-state index contributed by atoms with van der Waals surface area (Å²) in [5, 5.41) is -0.462. The molecule has 1 aromatic carbocycles. The molecule has 1 atom stereocenters. The Hall–Kier alpha value is -1.09. The quantitative estimate of drug-likeness (QED) is 0.460. The highest BCUT2D eigenvalue weighted by Gasteiger charge is 2.23. The minimum absolute atomic E-state index is 0.399. The fourth-order valence-corrected chi connectivity index (χ4v) is 3.93. The van der Waals surface area contributed by atoms with Gasteiger partial charge in [-0.2, -0.15) is 0 Å². The van der Waals surface area contributed by atoms with Gasteiger partial charge in [-0.1, -0.05) is 69.7 Å². The van der Waals surface area contributed by atoms with Crippen LogP contribution in [0.4, 0.5) is 0 Å². The molecule has 1 rings (SSSR count). The highest BCUT2D eigenvalue weighted by atomic mass is 32.2. The lowest BCUT2D eigenvalue weighted by Gasteiger charge is -2.13. The van der Waals surface area contributed by atoms with Crippen LogP contribution >= 0.6 is 0 Å². The third kappa shape index (κ3) is 5.12. The first-order chi connectivity index (χ1) is 9.62. The largest absolute Gasteiger partial charge is 0.223 e. The Bertz CT molecular complexity index is 477. The Balaban J connectivity index is 2.52. The molecule has 3 heteroatoms. The summed E-state index contributed by atoms with van der Waals surface area (Å²) in [5.74, 6) is 0. The molecular formula is C17H26O2S. The fraction of sp³-hybridized carbons (Fsp3) is 0.529. The van der Waals surface area contributed by atoms with Gasteiger partial charge in [-0.05, 0) is 18.6 Å². The first-order valence-electron chi connectivity index (χ1n) is 7.54. The maximum atomic E-state index is 12.5. The molecule has 0 aliphatic carbocycles. The summed E-state index contributed by atoms with van der Waals surface area (Å²) in [7, 11) is -3.27. The summed E-state index contributed by atoms with van der Waals surface area (Å²) in [4.78, 5) is 0.399. The van der Waals surface area contributed by atoms with Gasteiger partial charge in [0, 0.05) is 0 Å². The third-order valence-electron chi connectivity index (χ3n) is 3.58. The summed E-state index contributed by atoms with van der Waals surface area (Å²) >= 11 is 0. The molecule has 1 aromatic rings. The molecule has 0 N–H and O–H groups in total. The van der Waals surface area contributed by atoms with Crippen LogP contribution in [0.2, 0.25) is 0 Å².